The summed E-state index contributed by atoms with van der Waals surface area (Å²) in [5.41, 5.74) is -6.81. The number of nitrogens with zero attached hydrogens (tertiary/aromatic N) is 9. The van der Waals surface area contributed by atoms with E-state index in [1.54, 1.807) is 79.1 Å². The number of aldehydes is 1. The number of carbonyl (C=O) groups is 5. The molecule has 0 aromatic carbocycles. The van der Waals surface area contributed by atoms with Gasteiger partial charge in [0.15, 0.2) is 17.8 Å². The highest BCUT2D eigenvalue weighted by atomic mass is 19.2. The Bertz CT molecular complexity index is 2550. The minimum Gasteiger partial charge on any atom is -0.478 e. The van der Waals surface area contributed by atoms with Gasteiger partial charge in [-0.1, -0.05) is 40.0 Å². The van der Waals surface area contributed by atoms with Crippen molar-refractivity contribution in [1.29, 1.82) is 0 Å². The van der Waals surface area contributed by atoms with Gasteiger partial charge in [0, 0.05) is 19.3 Å². The first-order valence-electron chi connectivity index (χ1n) is 26.9. The number of fused-ring (bicyclic) bond motifs is 1. The van der Waals surface area contributed by atoms with Crippen molar-refractivity contribution in [2.24, 2.45) is 0 Å². The second-order valence-corrected chi connectivity index (χ2v) is 24.1. The maximum Gasteiger partial charge on any atom is 0.410 e. The highest BCUT2D eigenvalue weighted by molar-refractivity contribution is 6.02. The lowest BCUT2D eigenvalue weighted by Crippen LogP contribution is -2.63. The molecule has 26 heteroatoms. The zero-order chi connectivity index (χ0) is 60.3. The molecule has 8 heterocycles. The molecule has 0 saturated carbocycles. The molecule has 8 rings (SSSR count). The molecule has 0 aliphatic carbocycles. The Labute approximate surface area is 466 Å². The molecule has 3 N–H and O–H groups in total. The van der Waals surface area contributed by atoms with Crippen LogP contribution in [0.25, 0.3) is 5.65 Å². The Morgan fingerprint density at radius 1 is 0.662 bits per heavy atom. The van der Waals surface area contributed by atoms with Crippen molar-refractivity contribution in [1.82, 2.24) is 44.4 Å². The number of aryl methyl sites for hydroxylation is 1. The second kappa shape index (κ2) is 26.6. The van der Waals surface area contributed by atoms with Crippen LogP contribution in [-0.2, 0) is 19.0 Å². The molecule has 0 atom stereocenters. The maximum absolute atomic E-state index is 14.3. The number of rotatable bonds is 12. The van der Waals surface area contributed by atoms with Crippen molar-refractivity contribution < 1.29 is 70.0 Å². The Morgan fingerprint density at radius 3 is 1.49 bits per heavy atom. The summed E-state index contributed by atoms with van der Waals surface area (Å²) in [6.07, 6.45) is 9.37. The average Bonchev–Trinajstić information content (AvgIpc) is 3.69. The third kappa shape index (κ3) is 19.8. The number of aliphatic hydroxyl groups is 1. The molecule has 5 fully saturated rings. The number of hydrogen-bond acceptors (Lipinski definition) is 16. The van der Waals surface area contributed by atoms with Gasteiger partial charge in [-0.05, 0) is 88.5 Å². The molecule has 5 aliphatic rings. The third-order valence-electron chi connectivity index (χ3n) is 12.3. The van der Waals surface area contributed by atoms with E-state index in [4.69, 9.17) is 24.1 Å². The Morgan fingerprint density at radius 2 is 1.11 bits per heavy atom. The number of carbonyl (C=O) groups excluding carboxylic acids is 5. The first kappa shape index (κ1) is 66.3. The number of ether oxygens (including phenoxy) is 4. The number of aliphatic hydroxyl groups excluding tert-OH is 1. The van der Waals surface area contributed by atoms with Crippen LogP contribution in [0, 0.1) is 6.92 Å². The minimum atomic E-state index is -1.86. The highest BCUT2D eigenvalue weighted by Gasteiger charge is 2.49. The molecule has 4 amide bonds. The maximum atomic E-state index is 14.3. The number of amides is 4. The van der Waals surface area contributed by atoms with Gasteiger partial charge in [0.25, 0.3) is 11.8 Å². The Hall–Kier alpha value is -6.18. The summed E-state index contributed by atoms with van der Waals surface area (Å²) in [7, 11) is 1.49. The van der Waals surface area contributed by atoms with Crippen LogP contribution in [0.1, 0.15) is 138 Å². The van der Waals surface area contributed by atoms with E-state index in [2.05, 4.69) is 30.6 Å². The van der Waals surface area contributed by atoms with Gasteiger partial charge in [0.05, 0.1) is 90.4 Å². The van der Waals surface area contributed by atoms with Crippen molar-refractivity contribution in [2.75, 3.05) is 89.4 Å². The highest BCUT2D eigenvalue weighted by Crippen LogP contribution is 2.34. The van der Waals surface area contributed by atoms with Crippen molar-refractivity contribution >= 4 is 47.8 Å². The molecule has 3 aromatic rings. The molecule has 0 radical (unpaired) electrons. The summed E-state index contributed by atoms with van der Waals surface area (Å²) >= 11 is 0. The number of alkyl halides is 5. The summed E-state index contributed by atoms with van der Waals surface area (Å²) in [6.45, 7) is 24.6. The molecule has 5 saturated heterocycles. The Kier molecular flexibility index (Phi) is 22.1. The summed E-state index contributed by atoms with van der Waals surface area (Å²) in [5.74, 6) is 0.703. The van der Waals surface area contributed by atoms with Crippen LogP contribution >= 0.6 is 0 Å². The van der Waals surface area contributed by atoms with Crippen molar-refractivity contribution in [3.05, 3.63) is 36.2 Å². The SMILES string of the molecule is CC(C)(C)OC(=O)N1CC(F)(C=O)C1.CC(C)(C)OC(=O)N1CC(F)(CO)C1.CCCC1(F)CN(C(=O)OC(C)(C)C)C1.CCCC1(F)CN(c2cnc(C(=O)Nc3cn4cc(C)nc4c(OC)n3)cn2)C1.CCCC1(F)CNC1. The van der Waals surface area contributed by atoms with Gasteiger partial charge in [0.2, 0.25) is 11.3 Å². The summed E-state index contributed by atoms with van der Waals surface area (Å²) in [4.78, 5) is 79.4. The molecule has 0 spiro atoms. The predicted molar refractivity (Wildman–Crippen MR) is 290 cm³/mol. The van der Waals surface area contributed by atoms with Gasteiger partial charge in [-0.25, -0.2) is 51.3 Å². The van der Waals surface area contributed by atoms with Gasteiger partial charge in [-0.2, -0.15) is 4.98 Å². The molecule has 0 unspecified atom stereocenters. The number of halogens is 5. The monoisotopic (exact) mass is 1140 g/mol. The fourth-order valence-corrected chi connectivity index (χ4v) is 8.51. The van der Waals surface area contributed by atoms with Crippen molar-refractivity contribution in [3.63, 3.8) is 0 Å². The molecular formula is C54H84F5N11O10. The number of likely N-dealkylation sites (tertiary alicyclic amines) is 3. The molecule has 5 aliphatic heterocycles. The fourth-order valence-electron chi connectivity index (χ4n) is 8.51. The molecular weight excluding hydrogens is 1060 g/mol. The zero-order valence-electron chi connectivity index (χ0n) is 48.9. The van der Waals surface area contributed by atoms with Crippen molar-refractivity contribution in [3.8, 4) is 5.88 Å². The van der Waals surface area contributed by atoms with E-state index in [1.807, 2.05) is 32.6 Å². The van der Waals surface area contributed by atoms with E-state index in [-0.39, 0.29) is 51.2 Å². The summed E-state index contributed by atoms with van der Waals surface area (Å²) in [6, 6.07) is 0. The van der Waals surface area contributed by atoms with E-state index in [1.165, 1.54) is 34.2 Å². The molecule has 0 bridgehead atoms. The average molecular weight is 1140 g/mol. The topological polar surface area (TPSA) is 235 Å². The van der Waals surface area contributed by atoms with E-state index < -0.39 is 75.9 Å². The molecule has 80 heavy (non-hydrogen) atoms. The van der Waals surface area contributed by atoms with Crippen molar-refractivity contribution in [2.45, 2.75) is 174 Å². The van der Waals surface area contributed by atoms with Gasteiger partial charge >= 0.3 is 18.3 Å². The number of methoxy groups -OCH3 is 1. The van der Waals surface area contributed by atoms with Gasteiger partial charge in [-0.3, -0.25) is 14.0 Å². The van der Waals surface area contributed by atoms with E-state index in [9.17, 15) is 45.9 Å². The van der Waals surface area contributed by atoms with Crippen LogP contribution in [0.3, 0.4) is 0 Å². The molecule has 3 aromatic heterocycles. The van der Waals surface area contributed by atoms with E-state index in [0.717, 1.165) is 31.4 Å². The minimum absolute atomic E-state index is 0.0849. The smallest absolute Gasteiger partial charge is 0.410 e. The van der Waals surface area contributed by atoms with Crippen LogP contribution < -0.4 is 20.3 Å². The largest absolute Gasteiger partial charge is 0.478 e. The van der Waals surface area contributed by atoms with Gasteiger partial charge < -0.3 is 54.3 Å². The number of imidazole rings is 1. The first-order chi connectivity index (χ1) is 36.9. The van der Waals surface area contributed by atoms with Gasteiger partial charge in [0.1, 0.15) is 45.3 Å². The third-order valence-corrected chi connectivity index (χ3v) is 12.3. The van der Waals surface area contributed by atoms with Crippen LogP contribution in [0.4, 0.5) is 48.0 Å². The fraction of sp³-hybridized carbons (Fsp3) is 0.722. The standard InChI is InChI=1S/C19H22FN7O2.C11H20FNO2.C9H16FNO3.C9H14FNO3.C6H12FN/c1-4-5-19(20)10-27(11-19)15-7-21-13(6-22-15)17(28)24-14-9-26-8-12(2)23-16(26)18(25-14)29-3;1-5-6-11(12)7-13(8-11)9(14)15-10(2,3)4;2*1-8(2,3)14-7(13)11-4-9(10,5-11)6-12;1-2-3-6(7)4-8-5-6/h6-9H,4-5,10-11H2,1-3H3,(H,24,28);5-8H2,1-4H3;12H,4-6H2,1-3H3;6H,4-5H2,1-3H3;8H,2-5H2,1H3. The lowest BCUT2D eigenvalue weighted by molar-refractivity contribution is -0.128. The second-order valence-electron chi connectivity index (χ2n) is 24.1. The van der Waals surface area contributed by atoms with E-state index >= 15 is 0 Å². The number of nitrogens with one attached hydrogen (secondary N) is 2. The summed E-state index contributed by atoms with van der Waals surface area (Å²) in [5, 5.41) is 14.2. The normalized spacial score (nSPS) is 18.7. The lowest BCUT2D eigenvalue weighted by Gasteiger charge is -2.45. The predicted octanol–water partition coefficient (Wildman–Crippen LogP) is 8.34. The van der Waals surface area contributed by atoms with Gasteiger partial charge in [-0.15, -0.1) is 0 Å². The number of aromatic nitrogens is 5. The van der Waals surface area contributed by atoms with Crippen LogP contribution in [-0.4, -0.2) is 199 Å². The number of hydrogen-bond donors (Lipinski definition) is 3. The number of anilines is 2. The van der Waals surface area contributed by atoms with Crippen LogP contribution in [0.15, 0.2) is 24.8 Å². The summed E-state index contributed by atoms with van der Waals surface area (Å²) < 4.78 is 89.2. The molecule has 21 nitrogen and oxygen atoms in total. The van der Waals surface area contributed by atoms with E-state index in [0.29, 0.717) is 62.2 Å². The zero-order valence-corrected chi connectivity index (χ0v) is 48.9. The Balaban J connectivity index is 0.000000231. The molecule has 450 valence electrons. The first-order valence-corrected chi connectivity index (χ1v) is 26.9. The van der Waals surface area contributed by atoms with Crippen LogP contribution in [0.2, 0.25) is 0 Å². The van der Waals surface area contributed by atoms with Crippen LogP contribution in [0.5, 0.6) is 5.88 Å². The lowest BCUT2D eigenvalue weighted by atomic mass is 9.91. The quantitative estimate of drug-likeness (QED) is 0.0878.